The molecule has 108 valence electrons. The second kappa shape index (κ2) is 6.58. The molecule has 0 amide bonds. The largest absolute Gasteiger partial charge is 0.309 e. The Kier molecular flexibility index (Phi) is 5.30. The molecule has 4 nitrogen and oxygen atoms in total. The molecule has 0 aliphatic heterocycles. The number of rotatable bonds is 8. The molecule has 7 heteroatoms. The van der Waals surface area contributed by atoms with Gasteiger partial charge in [-0.05, 0) is 25.2 Å². The van der Waals surface area contributed by atoms with Gasteiger partial charge in [0.15, 0.2) is 0 Å². The van der Waals surface area contributed by atoms with Gasteiger partial charge in [0.1, 0.15) is 0 Å². The van der Waals surface area contributed by atoms with E-state index < -0.39 is 10.0 Å². The highest BCUT2D eigenvalue weighted by Gasteiger charge is 2.21. The van der Waals surface area contributed by atoms with Gasteiger partial charge >= 0.3 is 0 Å². The van der Waals surface area contributed by atoms with Gasteiger partial charge in [0.05, 0.1) is 4.90 Å². The third-order valence-corrected chi connectivity index (χ3v) is 6.51. The fourth-order valence-corrected chi connectivity index (χ4v) is 4.23. The fraction of sp³-hybridized carbons (Fsp3) is 0.667. The van der Waals surface area contributed by atoms with E-state index in [0.29, 0.717) is 17.5 Å². The molecule has 1 fully saturated rings. The summed E-state index contributed by atoms with van der Waals surface area (Å²) in [5.74, 6) is 0. The SMILES string of the molecule is CSC(C)CNS(=O)(=O)c1csc(CNC2CC2)c1. The Morgan fingerprint density at radius 1 is 1.53 bits per heavy atom. The zero-order chi connectivity index (χ0) is 13.9. The molecule has 0 spiro atoms. The van der Waals surface area contributed by atoms with Crippen LogP contribution in [0.15, 0.2) is 16.3 Å². The molecule has 1 saturated carbocycles. The van der Waals surface area contributed by atoms with Crippen molar-refractivity contribution >= 4 is 33.1 Å². The quantitative estimate of drug-likeness (QED) is 0.769. The van der Waals surface area contributed by atoms with Crippen molar-refractivity contribution in [3.63, 3.8) is 0 Å². The summed E-state index contributed by atoms with van der Waals surface area (Å²) < 4.78 is 26.8. The molecular weight excluding hydrogens is 300 g/mol. The van der Waals surface area contributed by atoms with Crippen LogP contribution in [0.1, 0.15) is 24.6 Å². The molecule has 1 aliphatic carbocycles. The zero-order valence-corrected chi connectivity index (χ0v) is 13.6. The lowest BCUT2D eigenvalue weighted by Crippen LogP contribution is -2.29. The maximum absolute atomic E-state index is 12.1. The third-order valence-electron chi connectivity index (χ3n) is 3.05. The van der Waals surface area contributed by atoms with Crippen molar-refractivity contribution in [2.75, 3.05) is 12.8 Å². The predicted molar refractivity (Wildman–Crippen MR) is 82.3 cm³/mol. The normalized spacial score (nSPS) is 17.6. The van der Waals surface area contributed by atoms with Gasteiger partial charge in [-0.1, -0.05) is 6.92 Å². The maximum Gasteiger partial charge on any atom is 0.241 e. The molecule has 19 heavy (non-hydrogen) atoms. The highest BCUT2D eigenvalue weighted by atomic mass is 32.2. The molecular formula is C12H20N2O2S3. The smallest absolute Gasteiger partial charge is 0.241 e. The molecule has 0 saturated heterocycles. The van der Waals surface area contributed by atoms with E-state index in [-0.39, 0.29) is 5.25 Å². The van der Waals surface area contributed by atoms with Crippen molar-refractivity contribution in [2.45, 2.75) is 42.5 Å². The van der Waals surface area contributed by atoms with E-state index in [2.05, 4.69) is 10.0 Å². The number of hydrogen-bond acceptors (Lipinski definition) is 5. The van der Waals surface area contributed by atoms with Crippen LogP contribution in [0.2, 0.25) is 0 Å². The van der Waals surface area contributed by atoms with Gasteiger partial charge in [-0.2, -0.15) is 11.8 Å². The van der Waals surface area contributed by atoms with Gasteiger partial charge in [-0.15, -0.1) is 11.3 Å². The van der Waals surface area contributed by atoms with Crippen LogP contribution in [0.3, 0.4) is 0 Å². The van der Waals surface area contributed by atoms with Crippen LogP contribution in [-0.4, -0.2) is 32.5 Å². The summed E-state index contributed by atoms with van der Waals surface area (Å²) >= 11 is 3.15. The predicted octanol–water partition coefficient (Wildman–Crippen LogP) is 2.03. The van der Waals surface area contributed by atoms with Crippen LogP contribution in [-0.2, 0) is 16.6 Å². The van der Waals surface area contributed by atoms with Crippen LogP contribution in [0.4, 0.5) is 0 Å². The molecule has 0 bridgehead atoms. The summed E-state index contributed by atoms with van der Waals surface area (Å²) in [6, 6.07) is 2.41. The summed E-state index contributed by atoms with van der Waals surface area (Å²) in [6.07, 6.45) is 4.46. The maximum atomic E-state index is 12.1. The number of nitrogens with one attached hydrogen (secondary N) is 2. The number of thioether (sulfide) groups is 1. The molecule has 1 aromatic rings. The van der Waals surface area contributed by atoms with E-state index in [1.807, 2.05) is 13.2 Å². The standard InChI is InChI=1S/C12H20N2O2S3/c1-9(17-2)6-14-19(15,16)12-5-11(18-8-12)7-13-10-3-4-10/h5,8-10,13-14H,3-4,6-7H2,1-2H3. The van der Waals surface area contributed by atoms with Crippen LogP contribution < -0.4 is 10.0 Å². The Bertz CT molecular complexity index is 509. The van der Waals surface area contributed by atoms with Gasteiger partial charge in [-0.25, -0.2) is 13.1 Å². The second-order valence-electron chi connectivity index (χ2n) is 4.80. The molecule has 1 aromatic heterocycles. The van der Waals surface area contributed by atoms with Crippen molar-refractivity contribution in [1.29, 1.82) is 0 Å². The molecule has 1 heterocycles. The molecule has 2 N–H and O–H groups in total. The van der Waals surface area contributed by atoms with Crippen LogP contribution >= 0.6 is 23.1 Å². The summed E-state index contributed by atoms with van der Waals surface area (Å²) in [4.78, 5) is 1.46. The van der Waals surface area contributed by atoms with E-state index in [1.54, 1.807) is 23.2 Å². The van der Waals surface area contributed by atoms with E-state index in [4.69, 9.17) is 0 Å². The average Bonchev–Trinajstić information content (AvgIpc) is 3.09. The monoisotopic (exact) mass is 320 g/mol. The first-order chi connectivity index (χ1) is 9.01. The number of hydrogen-bond donors (Lipinski definition) is 2. The first-order valence-electron chi connectivity index (χ1n) is 6.34. The van der Waals surface area contributed by atoms with Crippen molar-refractivity contribution in [2.24, 2.45) is 0 Å². The topological polar surface area (TPSA) is 58.2 Å². The van der Waals surface area contributed by atoms with E-state index in [1.165, 1.54) is 24.2 Å². The van der Waals surface area contributed by atoms with E-state index in [0.717, 1.165) is 11.4 Å². The van der Waals surface area contributed by atoms with Gasteiger partial charge < -0.3 is 5.32 Å². The van der Waals surface area contributed by atoms with Gasteiger partial charge in [0.25, 0.3) is 0 Å². The lowest BCUT2D eigenvalue weighted by molar-refractivity contribution is 0.581. The number of thiophene rings is 1. The van der Waals surface area contributed by atoms with Crippen LogP contribution in [0, 0.1) is 0 Å². The minimum absolute atomic E-state index is 0.282. The van der Waals surface area contributed by atoms with Crippen LogP contribution in [0.5, 0.6) is 0 Å². The van der Waals surface area contributed by atoms with Crippen LogP contribution in [0.25, 0.3) is 0 Å². The van der Waals surface area contributed by atoms with Crippen molar-refractivity contribution < 1.29 is 8.42 Å². The number of sulfonamides is 1. The van der Waals surface area contributed by atoms with E-state index >= 15 is 0 Å². The van der Waals surface area contributed by atoms with Crippen molar-refractivity contribution in [3.05, 3.63) is 16.3 Å². The zero-order valence-electron chi connectivity index (χ0n) is 11.2. The van der Waals surface area contributed by atoms with Crippen molar-refractivity contribution in [3.8, 4) is 0 Å². The first-order valence-corrected chi connectivity index (χ1v) is 9.99. The molecule has 1 unspecified atom stereocenters. The Labute approximate surface area is 123 Å². The minimum atomic E-state index is -3.35. The Morgan fingerprint density at radius 2 is 2.26 bits per heavy atom. The first kappa shape index (κ1) is 15.3. The summed E-state index contributed by atoms with van der Waals surface area (Å²) in [7, 11) is -3.35. The summed E-state index contributed by atoms with van der Waals surface area (Å²) in [5.41, 5.74) is 0. The van der Waals surface area contributed by atoms with Gasteiger partial charge in [0.2, 0.25) is 10.0 Å². The van der Waals surface area contributed by atoms with Crippen molar-refractivity contribution in [1.82, 2.24) is 10.0 Å². The Hall–Kier alpha value is -0.0800. The molecule has 0 aromatic carbocycles. The molecule has 0 radical (unpaired) electrons. The lowest BCUT2D eigenvalue weighted by atomic mass is 10.4. The highest BCUT2D eigenvalue weighted by Crippen LogP contribution is 2.23. The van der Waals surface area contributed by atoms with E-state index in [9.17, 15) is 8.42 Å². The Morgan fingerprint density at radius 3 is 2.89 bits per heavy atom. The van der Waals surface area contributed by atoms with Gasteiger partial charge in [0, 0.05) is 34.6 Å². The minimum Gasteiger partial charge on any atom is -0.309 e. The lowest BCUT2D eigenvalue weighted by Gasteiger charge is -2.09. The van der Waals surface area contributed by atoms with Gasteiger partial charge in [-0.3, -0.25) is 0 Å². The summed E-state index contributed by atoms with van der Waals surface area (Å²) in [6.45, 7) is 3.24. The Balaban J connectivity index is 1.91. The average molecular weight is 321 g/mol. The molecule has 1 atom stereocenters. The molecule has 1 aliphatic rings. The fourth-order valence-electron chi connectivity index (χ4n) is 1.52. The molecule has 2 rings (SSSR count). The second-order valence-corrected chi connectivity index (χ2v) is 8.84. The highest BCUT2D eigenvalue weighted by molar-refractivity contribution is 7.99. The summed E-state index contributed by atoms with van der Waals surface area (Å²) in [5, 5.41) is 5.39. The third kappa shape index (κ3) is 4.75.